The zero-order valence-electron chi connectivity index (χ0n) is 9.88. The van der Waals surface area contributed by atoms with Gasteiger partial charge in [0.15, 0.2) is 0 Å². The summed E-state index contributed by atoms with van der Waals surface area (Å²) in [7, 11) is 0. The van der Waals surface area contributed by atoms with Crippen LogP contribution in [-0.2, 0) is 6.42 Å². The molecule has 0 aromatic heterocycles. The van der Waals surface area contributed by atoms with Crippen molar-refractivity contribution in [2.75, 3.05) is 0 Å². The van der Waals surface area contributed by atoms with Gasteiger partial charge < -0.3 is 5.11 Å². The molecular weight excluding hydrogens is 184 g/mol. The summed E-state index contributed by atoms with van der Waals surface area (Å²) in [6, 6.07) is 6.34. The monoisotopic (exact) mass is 204 g/mol. The highest BCUT2D eigenvalue weighted by Gasteiger charge is 2.44. The van der Waals surface area contributed by atoms with Crippen LogP contribution in [0, 0.1) is 19.3 Å². The zero-order chi connectivity index (χ0) is 11.1. The van der Waals surface area contributed by atoms with E-state index in [-0.39, 0.29) is 11.5 Å². The molecule has 0 spiro atoms. The van der Waals surface area contributed by atoms with Crippen molar-refractivity contribution in [3.05, 3.63) is 34.9 Å². The second-order valence-electron chi connectivity index (χ2n) is 5.24. The van der Waals surface area contributed by atoms with Crippen molar-refractivity contribution in [3.63, 3.8) is 0 Å². The van der Waals surface area contributed by atoms with E-state index in [2.05, 4.69) is 39.0 Å². The Bertz CT molecular complexity index is 343. The first-order valence-electron chi connectivity index (χ1n) is 5.76. The highest BCUT2D eigenvalue weighted by Crippen LogP contribution is 2.49. The highest BCUT2D eigenvalue weighted by atomic mass is 16.3. The molecule has 0 saturated heterocycles. The molecular formula is C14H20O. The number of benzene rings is 1. The Morgan fingerprint density at radius 2 is 1.80 bits per heavy atom. The minimum Gasteiger partial charge on any atom is -0.392 e. The Balaban J connectivity index is 2.16. The third kappa shape index (κ3) is 2.07. The van der Waals surface area contributed by atoms with Crippen molar-refractivity contribution in [2.24, 2.45) is 5.41 Å². The maximum absolute atomic E-state index is 10.2. The Labute approximate surface area is 92.1 Å². The zero-order valence-corrected chi connectivity index (χ0v) is 9.88. The average Bonchev–Trinajstić information content (AvgIpc) is 2.91. The van der Waals surface area contributed by atoms with Crippen LogP contribution in [0.25, 0.3) is 0 Å². The lowest BCUT2D eigenvalue weighted by atomic mass is 9.91. The van der Waals surface area contributed by atoms with Crippen LogP contribution in [0.2, 0.25) is 0 Å². The number of aliphatic hydroxyl groups is 1. The van der Waals surface area contributed by atoms with E-state index in [0.29, 0.717) is 0 Å². The van der Waals surface area contributed by atoms with Gasteiger partial charge in [0.1, 0.15) is 0 Å². The summed E-state index contributed by atoms with van der Waals surface area (Å²) in [5, 5.41) is 10.2. The van der Waals surface area contributed by atoms with Crippen molar-refractivity contribution in [1.82, 2.24) is 0 Å². The van der Waals surface area contributed by atoms with Gasteiger partial charge in [-0.25, -0.2) is 0 Å². The van der Waals surface area contributed by atoms with Crippen LogP contribution in [0.4, 0.5) is 0 Å². The molecule has 1 saturated carbocycles. The van der Waals surface area contributed by atoms with Gasteiger partial charge in [0.2, 0.25) is 0 Å². The third-order valence-electron chi connectivity index (χ3n) is 3.89. The van der Waals surface area contributed by atoms with Gasteiger partial charge in [-0.15, -0.1) is 0 Å². The lowest BCUT2D eigenvalue weighted by Crippen LogP contribution is -2.22. The number of rotatable bonds is 3. The topological polar surface area (TPSA) is 20.2 Å². The molecule has 1 heteroatoms. The molecule has 2 rings (SSSR count). The van der Waals surface area contributed by atoms with Crippen LogP contribution < -0.4 is 0 Å². The molecule has 1 N–H and O–H groups in total. The third-order valence-corrected chi connectivity index (χ3v) is 3.89. The van der Waals surface area contributed by atoms with Gasteiger partial charge in [0, 0.05) is 0 Å². The van der Waals surface area contributed by atoms with E-state index < -0.39 is 0 Å². The minimum atomic E-state index is -0.169. The number of hydrogen-bond acceptors (Lipinski definition) is 1. The second-order valence-corrected chi connectivity index (χ2v) is 5.24. The summed E-state index contributed by atoms with van der Waals surface area (Å²) in [5.41, 5.74) is 4.14. The van der Waals surface area contributed by atoms with Gasteiger partial charge in [-0.3, -0.25) is 0 Å². The molecule has 0 bridgehead atoms. The largest absolute Gasteiger partial charge is 0.392 e. The second kappa shape index (κ2) is 3.64. The summed E-state index contributed by atoms with van der Waals surface area (Å²) >= 11 is 0. The quantitative estimate of drug-likeness (QED) is 0.802. The molecule has 0 radical (unpaired) electrons. The van der Waals surface area contributed by atoms with Crippen molar-refractivity contribution >= 4 is 0 Å². The van der Waals surface area contributed by atoms with Gasteiger partial charge >= 0.3 is 0 Å². The van der Waals surface area contributed by atoms with Gasteiger partial charge in [-0.1, -0.05) is 25.1 Å². The van der Waals surface area contributed by atoms with E-state index in [1.807, 2.05) is 0 Å². The number of aryl methyl sites for hydroxylation is 2. The van der Waals surface area contributed by atoms with E-state index in [1.165, 1.54) is 29.5 Å². The molecule has 1 atom stereocenters. The molecule has 1 aromatic carbocycles. The van der Waals surface area contributed by atoms with Crippen LogP contribution in [0.5, 0.6) is 0 Å². The van der Waals surface area contributed by atoms with Crippen molar-refractivity contribution in [1.29, 1.82) is 0 Å². The van der Waals surface area contributed by atoms with E-state index in [1.54, 1.807) is 0 Å². The lowest BCUT2D eigenvalue weighted by Gasteiger charge is -2.19. The Morgan fingerprint density at radius 1 is 1.27 bits per heavy atom. The molecule has 1 aromatic rings. The normalized spacial score (nSPS) is 20.0. The smallest absolute Gasteiger partial charge is 0.0634 e. The molecule has 0 heterocycles. The molecule has 1 nitrogen and oxygen atoms in total. The minimum absolute atomic E-state index is 0.169. The summed E-state index contributed by atoms with van der Waals surface area (Å²) in [6.45, 7) is 6.44. The fourth-order valence-electron chi connectivity index (χ4n) is 2.14. The van der Waals surface area contributed by atoms with Crippen molar-refractivity contribution in [3.8, 4) is 0 Å². The Hall–Kier alpha value is -0.820. The fourth-order valence-corrected chi connectivity index (χ4v) is 2.14. The molecule has 1 unspecified atom stereocenters. The van der Waals surface area contributed by atoms with Crippen LogP contribution in [-0.4, -0.2) is 11.2 Å². The predicted octanol–water partition coefficient (Wildman–Crippen LogP) is 3.01. The van der Waals surface area contributed by atoms with Gasteiger partial charge in [0.05, 0.1) is 6.10 Å². The van der Waals surface area contributed by atoms with E-state index in [4.69, 9.17) is 0 Å². The van der Waals surface area contributed by atoms with Gasteiger partial charge in [-0.2, -0.15) is 0 Å². The Morgan fingerprint density at radius 3 is 2.27 bits per heavy atom. The maximum atomic E-state index is 10.2. The molecule has 0 amide bonds. The first-order chi connectivity index (χ1) is 7.03. The molecule has 15 heavy (non-hydrogen) atoms. The maximum Gasteiger partial charge on any atom is 0.0634 e. The lowest BCUT2D eigenvalue weighted by molar-refractivity contribution is 0.103. The standard InChI is InChI=1S/C14H20O/c1-10-5-4-6-11(2)12(10)9-13(15)14(3)7-8-14/h4-6,13,15H,7-9H2,1-3H3. The molecule has 1 aliphatic rings. The SMILES string of the molecule is Cc1cccc(C)c1CC(O)C1(C)CC1. The first kappa shape index (κ1) is 10.7. The van der Waals surface area contributed by atoms with Crippen molar-refractivity contribution in [2.45, 2.75) is 46.1 Å². The first-order valence-corrected chi connectivity index (χ1v) is 5.76. The van der Waals surface area contributed by atoms with Crippen LogP contribution in [0.15, 0.2) is 18.2 Å². The molecule has 82 valence electrons. The molecule has 1 aliphatic carbocycles. The summed E-state index contributed by atoms with van der Waals surface area (Å²) < 4.78 is 0. The fraction of sp³-hybridized carbons (Fsp3) is 0.571. The van der Waals surface area contributed by atoms with Crippen LogP contribution >= 0.6 is 0 Å². The molecule has 0 aliphatic heterocycles. The van der Waals surface area contributed by atoms with E-state index in [9.17, 15) is 5.11 Å². The molecule has 1 fully saturated rings. The summed E-state index contributed by atoms with van der Waals surface area (Å²) in [5.74, 6) is 0. The van der Waals surface area contributed by atoms with Crippen molar-refractivity contribution < 1.29 is 5.11 Å². The van der Waals surface area contributed by atoms with E-state index in [0.717, 1.165) is 6.42 Å². The van der Waals surface area contributed by atoms with Crippen LogP contribution in [0.3, 0.4) is 0 Å². The predicted molar refractivity (Wildman–Crippen MR) is 63.0 cm³/mol. The summed E-state index contributed by atoms with van der Waals surface area (Å²) in [6.07, 6.45) is 3.00. The number of aliphatic hydroxyl groups excluding tert-OH is 1. The van der Waals surface area contributed by atoms with Gasteiger partial charge in [0.25, 0.3) is 0 Å². The number of hydrogen-bond donors (Lipinski definition) is 1. The highest BCUT2D eigenvalue weighted by molar-refractivity contribution is 5.34. The Kier molecular flexibility index (Phi) is 2.59. The van der Waals surface area contributed by atoms with E-state index >= 15 is 0 Å². The average molecular weight is 204 g/mol. The van der Waals surface area contributed by atoms with Gasteiger partial charge in [-0.05, 0) is 55.2 Å². The summed E-state index contributed by atoms with van der Waals surface area (Å²) in [4.78, 5) is 0. The van der Waals surface area contributed by atoms with Crippen LogP contribution in [0.1, 0.15) is 36.5 Å².